The Morgan fingerprint density at radius 1 is 1.50 bits per heavy atom. The van der Waals surface area contributed by atoms with Crippen molar-refractivity contribution in [3.05, 3.63) is 28.8 Å². The van der Waals surface area contributed by atoms with Crippen LogP contribution in [0.2, 0.25) is 5.02 Å². The summed E-state index contributed by atoms with van der Waals surface area (Å²) in [6.07, 6.45) is 0. The van der Waals surface area contributed by atoms with E-state index in [4.69, 9.17) is 22.0 Å². The van der Waals surface area contributed by atoms with Gasteiger partial charge >= 0.3 is 5.97 Å². The minimum atomic E-state index is -1.21. The van der Waals surface area contributed by atoms with Crippen LogP contribution in [0, 0.1) is 0 Å². The molecular weight excluding hydrogens is 184 g/mol. The molecule has 0 aliphatic rings. The fraction of sp³-hybridized carbons (Fsp3) is 0. The Kier molecular flexibility index (Phi) is 2.52. The number of halogens is 1. The molecule has 0 saturated carbocycles. The summed E-state index contributed by atoms with van der Waals surface area (Å²) in [5, 5.41) is 16.9. The third-order valence-corrected chi connectivity index (χ3v) is 1.59. The molecule has 0 aliphatic carbocycles. The van der Waals surface area contributed by atoms with Crippen molar-refractivity contribution in [1.82, 2.24) is 0 Å². The van der Waals surface area contributed by atoms with Crippen LogP contribution in [0.4, 0.5) is 0 Å². The lowest BCUT2D eigenvalue weighted by Crippen LogP contribution is -2.00. The third kappa shape index (κ3) is 1.49. The van der Waals surface area contributed by atoms with Gasteiger partial charge in [-0.3, -0.25) is 0 Å². The van der Waals surface area contributed by atoms with Crippen LogP contribution in [0.1, 0.15) is 10.4 Å². The van der Waals surface area contributed by atoms with Gasteiger partial charge in [0.1, 0.15) is 5.56 Å². The molecule has 0 fully saturated rings. The van der Waals surface area contributed by atoms with Gasteiger partial charge in [0.05, 0.1) is 5.02 Å². The average Bonchev–Trinajstić information content (AvgIpc) is 2.03. The Labute approximate surface area is 72.9 Å². The lowest BCUT2D eigenvalue weighted by molar-refractivity contribution is -0.138. The summed E-state index contributed by atoms with van der Waals surface area (Å²) in [4.78, 5) is 14.3. The Hall–Kier alpha value is -1.26. The number of aromatic carboxylic acids is 1. The lowest BCUT2D eigenvalue weighted by Gasteiger charge is -2.02. The summed E-state index contributed by atoms with van der Waals surface area (Å²) in [5.41, 5.74) is -0.176. The minimum absolute atomic E-state index is 0.0531. The number of carboxylic acid groups (broad SMARTS) is 1. The van der Waals surface area contributed by atoms with Gasteiger partial charge in [-0.1, -0.05) is 17.7 Å². The van der Waals surface area contributed by atoms with Crippen molar-refractivity contribution in [3.63, 3.8) is 0 Å². The van der Waals surface area contributed by atoms with Crippen LogP contribution in [0.3, 0.4) is 0 Å². The highest BCUT2D eigenvalue weighted by Gasteiger charge is 2.14. The van der Waals surface area contributed by atoms with E-state index in [1.165, 1.54) is 18.2 Å². The second kappa shape index (κ2) is 3.42. The molecule has 0 heterocycles. The van der Waals surface area contributed by atoms with Crippen LogP contribution in [-0.4, -0.2) is 16.3 Å². The first-order valence-corrected chi connectivity index (χ1v) is 3.38. The van der Waals surface area contributed by atoms with Gasteiger partial charge in [-0.15, -0.1) is 0 Å². The van der Waals surface area contributed by atoms with Gasteiger partial charge in [0, 0.05) is 0 Å². The van der Waals surface area contributed by atoms with Crippen molar-refractivity contribution in [2.45, 2.75) is 0 Å². The average molecular weight is 189 g/mol. The van der Waals surface area contributed by atoms with Crippen molar-refractivity contribution < 1.29 is 20.0 Å². The summed E-state index contributed by atoms with van der Waals surface area (Å²) >= 11 is 5.53. The zero-order chi connectivity index (χ0) is 9.14. The molecule has 0 atom stereocenters. The molecule has 1 aromatic carbocycles. The number of carbonyl (C=O) groups is 1. The monoisotopic (exact) mass is 188 g/mol. The summed E-state index contributed by atoms with van der Waals surface area (Å²) < 4.78 is 0. The highest BCUT2D eigenvalue weighted by molar-refractivity contribution is 6.32. The standard InChI is InChI=1S/C7H5ClO4/c8-5-3-1-2-4(7(9)10)6(5)12-11/h1-3,11H,(H,9,10). The topological polar surface area (TPSA) is 66.8 Å². The summed E-state index contributed by atoms with van der Waals surface area (Å²) in [6, 6.07) is 4.15. The van der Waals surface area contributed by atoms with Gasteiger partial charge in [-0.05, 0) is 12.1 Å². The van der Waals surface area contributed by atoms with Gasteiger partial charge in [0.25, 0.3) is 0 Å². The lowest BCUT2D eigenvalue weighted by atomic mass is 10.2. The van der Waals surface area contributed by atoms with Crippen LogP contribution in [-0.2, 0) is 0 Å². The smallest absolute Gasteiger partial charge is 0.339 e. The third-order valence-electron chi connectivity index (χ3n) is 1.29. The quantitative estimate of drug-likeness (QED) is 0.550. The van der Waals surface area contributed by atoms with E-state index >= 15 is 0 Å². The first-order chi connectivity index (χ1) is 5.66. The molecule has 0 amide bonds. The Morgan fingerprint density at radius 2 is 2.17 bits per heavy atom. The Morgan fingerprint density at radius 3 is 2.58 bits per heavy atom. The molecule has 0 aromatic heterocycles. The zero-order valence-electron chi connectivity index (χ0n) is 5.82. The SMILES string of the molecule is O=C(O)c1cccc(Cl)c1OO. The highest BCUT2D eigenvalue weighted by Crippen LogP contribution is 2.27. The predicted octanol–water partition coefficient (Wildman–Crippen LogP) is 1.89. The molecule has 0 aliphatic heterocycles. The van der Waals surface area contributed by atoms with E-state index in [0.29, 0.717) is 0 Å². The largest absolute Gasteiger partial charge is 0.478 e. The van der Waals surface area contributed by atoms with Crippen LogP contribution >= 0.6 is 11.6 Å². The van der Waals surface area contributed by atoms with Crippen LogP contribution in [0.15, 0.2) is 18.2 Å². The van der Waals surface area contributed by atoms with E-state index in [0.717, 1.165) is 0 Å². The second-order valence-corrected chi connectivity index (χ2v) is 2.42. The summed E-state index contributed by atoms with van der Waals surface area (Å²) in [6.45, 7) is 0. The van der Waals surface area contributed by atoms with Crippen molar-refractivity contribution >= 4 is 17.6 Å². The zero-order valence-corrected chi connectivity index (χ0v) is 6.58. The van der Waals surface area contributed by atoms with Crippen molar-refractivity contribution in [2.24, 2.45) is 0 Å². The van der Waals surface area contributed by atoms with Crippen molar-refractivity contribution in [3.8, 4) is 5.75 Å². The normalized spacial score (nSPS) is 9.50. The molecule has 5 heteroatoms. The number of benzene rings is 1. The molecule has 12 heavy (non-hydrogen) atoms. The van der Waals surface area contributed by atoms with Gasteiger partial charge in [0.2, 0.25) is 0 Å². The van der Waals surface area contributed by atoms with E-state index < -0.39 is 5.97 Å². The number of para-hydroxylation sites is 1. The predicted molar refractivity (Wildman–Crippen MR) is 41.7 cm³/mol. The first-order valence-electron chi connectivity index (χ1n) is 3.00. The van der Waals surface area contributed by atoms with Gasteiger partial charge in [0.15, 0.2) is 5.75 Å². The van der Waals surface area contributed by atoms with Crippen LogP contribution < -0.4 is 4.89 Å². The molecule has 0 radical (unpaired) electrons. The molecule has 1 aromatic rings. The minimum Gasteiger partial charge on any atom is -0.478 e. The summed E-state index contributed by atoms with van der Waals surface area (Å²) in [7, 11) is 0. The maximum absolute atomic E-state index is 10.5. The van der Waals surface area contributed by atoms with Crippen LogP contribution in [0.5, 0.6) is 5.75 Å². The van der Waals surface area contributed by atoms with E-state index in [-0.39, 0.29) is 16.3 Å². The molecule has 0 saturated heterocycles. The summed E-state index contributed by atoms with van der Waals surface area (Å²) in [5.74, 6) is -1.45. The molecule has 4 nitrogen and oxygen atoms in total. The van der Waals surface area contributed by atoms with Crippen LogP contribution in [0.25, 0.3) is 0 Å². The number of rotatable bonds is 2. The van der Waals surface area contributed by atoms with Crippen molar-refractivity contribution in [2.75, 3.05) is 0 Å². The molecule has 1 rings (SSSR count). The van der Waals surface area contributed by atoms with E-state index in [2.05, 4.69) is 4.89 Å². The van der Waals surface area contributed by atoms with Gasteiger partial charge in [-0.25, -0.2) is 10.1 Å². The number of hydrogen-bond donors (Lipinski definition) is 2. The Balaban J connectivity index is 3.27. The molecule has 0 unspecified atom stereocenters. The molecule has 2 N–H and O–H groups in total. The van der Waals surface area contributed by atoms with Gasteiger partial charge < -0.3 is 9.99 Å². The van der Waals surface area contributed by atoms with Gasteiger partial charge in [-0.2, -0.15) is 0 Å². The maximum atomic E-state index is 10.5. The fourth-order valence-electron chi connectivity index (χ4n) is 0.770. The van der Waals surface area contributed by atoms with E-state index in [1.807, 2.05) is 0 Å². The first kappa shape index (κ1) is 8.83. The number of carboxylic acids is 1. The Bertz CT molecular complexity index is 310. The molecular formula is C7H5ClO4. The molecule has 0 spiro atoms. The highest BCUT2D eigenvalue weighted by atomic mass is 35.5. The second-order valence-electron chi connectivity index (χ2n) is 2.01. The fourth-order valence-corrected chi connectivity index (χ4v) is 0.979. The van der Waals surface area contributed by atoms with E-state index in [1.54, 1.807) is 0 Å². The molecule has 0 bridgehead atoms. The number of hydrogen-bond acceptors (Lipinski definition) is 3. The van der Waals surface area contributed by atoms with Crippen molar-refractivity contribution in [1.29, 1.82) is 0 Å². The maximum Gasteiger partial charge on any atom is 0.339 e. The van der Waals surface area contributed by atoms with E-state index in [9.17, 15) is 4.79 Å². The molecule has 64 valence electrons.